The van der Waals surface area contributed by atoms with Crippen LogP contribution in [0.3, 0.4) is 0 Å². The molecule has 9 nitrogen and oxygen atoms in total. The highest BCUT2D eigenvalue weighted by atomic mass is 16.5. The van der Waals surface area contributed by atoms with Crippen LogP contribution in [-0.4, -0.2) is 31.4 Å². The fourth-order valence-corrected chi connectivity index (χ4v) is 2.70. The summed E-state index contributed by atoms with van der Waals surface area (Å²) in [6.45, 7) is 2.52. The van der Waals surface area contributed by atoms with Crippen LogP contribution in [0.2, 0.25) is 0 Å². The quantitative estimate of drug-likeness (QED) is 0.465. The molecule has 0 aliphatic rings. The fourth-order valence-electron chi connectivity index (χ4n) is 2.70. The van der Waals surface area contributed by atoms with E-state index in [-0.39, 0.29) is 5.76 Å². The molecule has 166 valence electrons. The van der Waals surface area contributed by atoms with E-state index in [0.717, 1.165) is 6.42 Å². The van der Waals surface area contributed by atoms with Crippen molar-refractivity contribution >= 4 is 23.4 Å². The largest absolute Gasteiger partial charge is 0.493 e. The van der Waals surface area contributed by atoms with Crippen LogP contribution in [0.4, 0.5) is 5.69 Å². The first-order chi connectivity index (χ1) is 15.5. The molecule has 1 aromatic heterocycles. The smallest absolute Gasteiger partial charge is 0.291 e. The lowest BCUT2D eigenvalue weighted by Gasteiger charge is -2.12. The van der Waals surface area contributed by atoms with Gasteiger partial charge in [0.15, 0.2) is 17.3 Å². The number of nitrogens with one attached hydrogen (secondary N) is 3. The Bertz CT molecular complexity index is 1080. The van der Waals surface area contributed by atoms with Crippen LogP contribution in [0.15, 0.2) is 65.3 Å². The second-order valence-electron chi connectivity index (χ2n) is 6.63. The monoisotopic (exact) mass is 437 g/mol. The number of benzene rings is 2. The third-order valence-corrected chi connectivity index (χ3v) is 4.33. The molecule has 0 fully saturated rings. The van der Waals surface area contributed by atoms with E-state index in [1.165, 1.54) is 31.6 Å². The van der Waals surface area contributed by atoms with Gasteiger partial charge in [0.2, 0.25) is 0 Å². The molecule has 0 saturated carbocycles. The summed E-state index contributed by atoms with van der Waals surface area (Å²) < 4.78 is 15.9. The van der Waals surface area contributed by atoms with Crippen LogP contribution in [0.5, 0.6) is 11.5 Å². The Balaban J connectivity index is 1.55. The minimum atomic E-state index is -0.517. The molecular weight excluding hydrogens is 414 g/mol. The first kappa shape index (κ1) is 22.4. The molecule has 0 atom stereocenters. The molecule has 9 heteroatoms. The lowest BCUT2D eigenvalue weighted by molar-refractivity contribution is 0.0846. The maximum atomic E-state index is 12.4. The van der Waals surface area contributed by atoms with E-state index in [4.69, 9.17) is 13.9 Å². The molecule has 0 spiro atoms. The Labute approximate surface area is 184 Å². The van der Waals surface area contributed by atoms with E-state index < -0.39 is 17.7 Å². The Hall–Kier alpha value is -4.27. The number of methoxy groups -OCH3 is 1. The third-order valence-electron chi connectivity index (χ3n) is 4.33. The van der Waals surface area contributed by atoms with Gasteiger partial charge in [-0.2, -0.15) is 0 Å². The Kier molecular flexibility index (Phi) is 7.47. The second kappa shape index (κ2) is 10.7. The average Bonchev–Trinajstić information content (AvgIpc) is 3.36. The van der Waals surface area contributed by atoms with Gasteiger partial charge in [-0.15, -0.1) is 0 Å². The van der Waals surface area contributed by atoms with Crippen molar-refractivity contribution in [2.45, 2.75) is 13.3 Å². The highest BCUT2D eigenvalue weighted by Gasteiger charge is 2.13. The molecule has 1 heterocycles. The number of hydrazine groups is 1. The summed E-state index contributed by atoms with van der Waals surface area (Å²) in [6, 6.07) is 14.1. The number of ether oxygens (including phenoxy) is 2. The molecule has 0 saturated heterocycles. The van der Waals surface area contributed by atoms with Gasteiger partial charge in [-0.3, -0.25) is 25.2 Å². The molecule has 3 amide bonds. The van der Waals surface area contributed by atoms with Crippen LogP contribution in [0.1, 0.15) is 44.6 Å². The van der Waals surface area contributed by atoms with Gasteiger partial charge in [-0.25, -0.2) is 0 Å². The zero-order valence-electron chi connectivity index (χ0n) is 17.6. The predicted molar refractivity (Wildman–Crippen MR) is 117 cm³/mol. The molecule has 32 heavy (non-hydrogen) atoms. The van der Waals surface area contributed by atoms with Crippen molar-refractivity contribution in [1.82, 2.24) is 10.9 Å². The van der Waals surface area contributed by atoms with E-state index in [0.29, 0.717) is 34.9 Å². The number of furan rings is 1. The fraction of sp³-hybridized carbons (Fsp3) is 0.174. The summed E-state index contributed by atoms with van der Waals surface area (Å²) in [4.78, 5) is 36.7. The molecule has 3 N–H and O–H groups in total. The van der Waals surface area contributed by atoms with Crippen molar-refractivity contribution in [3.8, 4) is 11.5 Å². The molecule has 2 aromatic carbocycles. The maximum Gasteiger partial charge on any atom is 0.291 e. The van der Waals surface area contributed by atoms with Gasteiger partial charge >= 0.3 is 0 Å². The van der Waals surface area contributed by atoms with Gasteiger partial charge in [-0.1, -0.05) is 6.92 Å². The minimum Gasteiger partial charge on any atom is -0.493 e. The molecule has 0 aliphatic carbocycles. The van der Waals surface area contributed by atoms with Crippen molar-refractivity contribution < 1.29 is 28.3 Å². The van der Waals surface area contributed by atoms with Gasteiger partial charge in [0, 0.05) is 16.8 Å². The molecule has 3 rings (SSSR count). The standard InChI is InChI=1S/C23H23N3O6/c1-3-12-31-18-11-8-16(14-20(18)30-2)22(28)26-25-21(27)15-6-9-17(10-7-15)24-23(29)19-5-4-13-32-19/h4-11,13-14H,3,12H2,1-2H3,(H,24,29)(H,25,27)(H,26,28). The normalized spacial score (nSPS) is 10.2. The SMILES string of the molecule is CCCOc1ccc(C(=O)NNC(=O)c2ccc(NC(=O)c3ccco3)cc2)cc1OC. The first-order valence-electron chi connectivity index (χ1n) is 9.88. The lowest BCUT2D eigenvalue weighted by Crippen LogP contribution is -2.41. The zero-order chi connectivity index (χ0) is 22.9. The summed E-state index contributed by atoms with van der Waals surface area (Å²) in [7, 11) is 1.48. The second-order valence-corrected chi connectivity index (χ2v) is 6.63. The number of carbonyl (C=O) groups excluding carboxylic acids is 3. The summed E-state index contributed by atoms with van der Waals surface area (Å²) in [5, 5.41) is 2.65. The number of rotatable bonds is 8. The van der Waals surface area contributed by atoms with Crippen LogP contribution < -0.4 is 25.6 Å². The van der Waals surface area contributed by atoms with Gasteiger partial charge in [0.1, 0.15) is 0 Å². The number of hydrogen-bond acceptors (Lipinski definition) is 6. The van der Waals surface area contributed by atoms with E-state index in [2.05, 4.69) is 16.2 Å². The molecule has 0 unspecified atom stereocenters. The Morgan fingerprint density at radius 1 is 0.875 bits per heavy atom. The molecule has 0 radical (unpaired) electrons. The van der Waals surface area contributed by atoms with E-state index in [1.807, 2.05) is 6.92 Å². The van der Waals surface area contributed by atoms with Gasteiger partial charge in [0.05, 0.1) is 20.0 Å². The van der Waals surface area contributed by atoms with Gasteiger partial charge in [-0.05, 0) is 61.0 Å². The average molecular weight is 437 g/mol. The van der Waals surface area contributed by atoms with Crippen molar-refractivity contribution in [3.63, 3.8) is 0 Å². The predicted octanol–water partition coefficient (Wildman–Crippen LogP) is 3.40. The summed E-state index contributed by atoms with van der Waals surface area (Å²) in [5.41, 5.74) is 5.79. The molecular formula is C23H23N3O6. The highest BCUT2D eigenvalue weighted by molar-refractivity contribution is 6.03. The van der Waals surface area contributed by atoms with Crippen LogP contribution >= 0.6 is 0 Å². The van der Waals surface area contributed by atoms with Gasteiger partial charge < -0.3 is 19.2 Å². The lowest BCUT2D eigenvalue weighted by atomic mass is 10.2. The van der Waals surface area contributed by atoms with E-state index in [9.17, 15) is 14.4 Å². The van der Waals surface area contributed by atoms with Crippen molar-refractivity contribution in [2.75, 3.05) is 19.0 Å². The zero-order valence-corrected chi connectivity index (χ0v) is 17.6. The number of hydrogen-bond donors (Lipinski definition) is 3. The topological polar surface area (TPSA) is 119 Å². The van der Waals surface area contributed by atoms with E-state index >= 15 is 0 Å². The van der Waals surface area contributed by atoms with Crippen LogP contribution in [0.25, 0.3) is 0 Å². The maximum absolute atomic E-state index is 12.4. The van der Waals surface area contributed by atoms with Crippen LogP contribution in [0, 0.1) is 0 Å². The first-order valence-corrected chi connectivity index (χ1v) is 9.88. The van der Waals surface area contributed by atoms with Crippen molar-refractivity contribution in [3.05, 3.63) is 77.7 Å². The van der Waals surface area contributed by atoms with Crippen molar-refractivity contribution in [2.24, 2.45) is 0 Å². The molecule has 0 aliphatic heterocycles. The number of anilines is 1. The van der Waals surface area contributed by atoms with Crippen LogP contribution in [-0.2, 0) is 0 Å². The van der Waals surface area contributed by atoms with Gasteiger partial charge in [0.25, 0.3) is 17.7 Å². The third kappa shape index (κ3) is 5.66. The highest BCUT2D eigenvalue weighted by Crippen LogP contribution is 2.28. The van der Waals surface area contributed by atoms with E-state index in [1.54, 1.807) is 36.4 Å². The molecule has 3 aromatic rings. The Morgan fingerprint density at radius 3 is 2.19 bits per heavy atom. The van der Waals surface area contributed by atoms with Crippen molar-refractivity contribution in [1.29, 1.82) is 0 Å². The summed E-state index contributed by atoms with van der Waals surface area (Å²) >= 11 is 0. The number of carbonyl (C=O) groups is 3. The summed E-state index contributed by atoms with van der Waals surface area (Å²) in [6.07, 6.45) is 2.25. The summed E-state index contributed by atoms with van der Waals surface area (Å²) in [5.74, 6) is -0.297. The minimum absolute atomic E-state index is 0.177. The molecule has 0 bridgehead atoms. The number of amides is 3. The Morgan fingerprint density at radius 2 is 1.56 bits per heavy atom.